The summed E-state index contributed by atoms with van der Waals surface area (Å²) < 4.78 is 11.4. The number of nitrogens with two attached hydrogens (primary N) is 2. The molecule has 10 nitrogen and oxygen atoms in total. The minimum Gasteiger partial charge on any atom is -0.486 e. The van der Waals surface area contributed by atoms with Gasteiger partial charge in [-0.1, -0.05) is 6.07 Å². The zero-order valence-electron chi connectivity index (χ0n) is 16.4. The first-order valence-electron chi connectivity index (χ1n) is 9.01. The summed E-state index contributed by atoms with van der Waals surface area (Å²) in [6, 6.07) is 7.08. The lowest BCUT2D eigenvalue weighted by Crippen LogP contribution is -2.29. The number of nitrogens with one attached hydrogen (secondary N) is 1. The van der Waals surface area contributed by atoms with Gasteiger partial charge in [0.05, 0.1) is 6.10 Å². The number of carbonyl (C=O) groups is 1. The zero-order chi connectivity index (χ0) is 20.1. The Morgan fingerprint density at radius 2 is 2.10 bits per heavy atom. The van der Waals surface area contributed by atoms with E-state index in [2.05, 4.69) is 20.3 Å². The van der Waals surface area contributed by atoms with Crippen LogP contribution >= 0.6 is 12.4 Å². The zero-order valence-corrected chi connectivity index (χ0v) is 17.2. The molecule has 0 aliphatic carbocycles. The number of hydrogen-bond acceptors (Lipinski definition) is 9. The minimum atomic E-state index is -0.476. The highest BCUT2D eigenvalue weighted by Crippen LogP contribution is 2.22. The topological polar surface area (TPSA) is 142 Å². The van der Waals surface area contributed by atoms with Crippen molar-refractivity contribution in [3.8, 4) is 5.75 Å². The van der Waals surface area contributed by atoms with Gasteiger partial charge in [0.2, 0.25) is 11.9 Å². The molecule has 5 N–H and O–H groups in total. The highest BCUT2D eigenvalue weighted by Gasteiger charge is 2.29. The minimum absolute atomic E-state index is 0. The van der Waals surface area contributed by atoms with Crippen molar-refractivity contribution < 1.29 is 14.3 Å². The molecular weight excluding hydrogens is 398 g/mol. The van der Waals surface area contributed by atoms with Gasteiger partial charge in [-0.25, -0.2) is 0 Å². The number of amides is 1. The predicted molar refractivity (Wildman–Crippen MR) is 112 cm³/mol. The summed E-state index contributed by atoms with van der Waals surface area (Å²) in [6.45, 7) is 0.541. The molecule has 2 heterocycles. The van der Waals surface area contributed by atoms with Crippen LogP contribution in [0.4, 0.5) is 17.6 Å². The first-order valence-corrected chi connectivity index (χ1v) is 9.01. The molecule has 1 saturated heterocycles. The van der Waals surface area contributed by atoms with Crippen LogP contribution in [0.1, 0.15) is 18.7 Å². The smallest absolute Gasteiger partial charge is 0.253 e. The summed E-state index contributed by atoms with van der Waals surface area (Å²) in [5, 5.41) is 2.85. The summed E-state index contributed by atoms with van der Waals surface area (Å²) >= 11 is 0. The van der Waals surface area contributed by atoms with E-state index in [9.17, 15) is 4.79 Å². The Hall–Kier alpha value is -2.69. The normalized spacial score (nSPS) is 18.0. The van der Waals surface area contributed by atoms with Crippen LogP contribution in [-0.2, 0) is 16.1 Å². The number of ether oxygens (including phenoxy) is 2. The van der Waals surface area contributed by atoms with E-state index in [-0.39, 0.29) is 37.0 Å². The summed E-state index contributed by atoms with van der Waals surface area (Å²) in [6.07, 6.45) is 0.932. The van der Waals surface area contributed by atoms with Crippen molar-refractivity contribution in [3.63, 3.8) is 0 Å². The molecule has 0 saturated carbocycles. The quantitative estimate of drug-likeness (QED) is 0.593. The average Bonchev–Trinajstić information content (AvgIpc) is 3.16. The summed E-state index contributed by atoms with van der Waals surface area (Å²) in [4.78, 5) is 26.5. The molecule has 3 rings (SSSR count). The van der Waals surface area contributed by atoms with E-state index in [1.54, 1.807) is 29.2 Å². The molecule has 0 bridgehead atoms. The molecule has 11 heteroatoms. The molecule has 29 heavy (non-hydrogen) atoms. The maximum atomic E-state index is 12.3. The van der Waals surface area contributed by atoms with E-state index < -0.39 is 6.10 Å². The van der Waals surface area contributed by atoms with E-state index in [0.717, 1.165) is 6.42 Å². The molecule has 0 spiro atoms. The van der Waals surface area contributed by atoms with Gasteiger partial charge in [0.25, 0.3) is 5.91 Å². The van der Waals surface area contributed by atoms with E-state index in [0.29, 0.717) is 36.2 Å². The molecule has 158 valence electrons. The molecule has 1 aliphatic heterocycles. The van der Waals surface area contributed by atoms with Crippen molar-refractivity contribution in [3.05, 3.63) is 30.1 Å². The van der Waals surface area contributed by atoms with E-state index in [1.165, 1.54) is 0 Å². The lowest BCUT2D eigenvalue weighted by molar-refractivity contribution is -0.126. The highest BCUT2D eigenvalue weighted by molar-refractivity contribution is 5.94. The third kappa shape index (κ3) is 6.14. The molecule has 2 atom stereocenters. The first kappa shape index (κ1) is 22.6. The maximum Gasteiger partial charge on any atom is 0.253 e. The molecule has 1 aromatic carbocycles. The lowest BCUT2D eigenvalue weighted by Gasteiger charge is -2.14. The summed E-state index contributed by atoms with van der Waals surface area (Å²) in [5.41, 5.74) is 11.9. The standard InChI is InChI=1S/C18H25N7O3.ClH/c1-25(2)18-23-15(22-17(20)24-18)10-27-12-5-3-4-11(8-12)21-16(26)14-7-6-13(9-19)28-14;/h3-5,8,13-14H,6-7,9-10,19H2,1-2H3,(H,21,26)(H2,20,22,23,24);1H/t13-,14+;/m1./s1. The van der Waals surface area contributed by atoms with Gasteiger partial charge in [0.1, 0.15) is 18.5 Å². The fourth-order valence-corrected chi connectivity index (χ4v) is 2.80. The van der Waals surface area contributed by atoms with Crippen LogP contribution in [0.3, 0.4) is 0 Å². The Morgan fingerprint density at radius 3 is 2.79 bits per heavy atom. The number of aromatic nitrogens is 3. The fourth-order valence-electron chi connectivity index (χ4n) is 2.80. The van der Waals surface area contributed by atoms with Crippen LogP contribution < -0.4 is 26.4 Å². The molecule has 0 radical (unpaired) electrons. The van der Waals surface area contributed by atoms with Crippen molar-refractivity contribution in [2.45, 2.75) is 31.7 Å². The number of halogens is 1. The van der Waals surface area contributed by atoms with E-state index >= 15 is 0 Å². The largest absolute Gasteiger partial charge is 0.486 e. The Morgan fingerprint density at radius 1 is 1.31 bits per heavy atom. The molecule has 0 unspecified atom stereocenters. The van der Waals surface area contributed by atoms with Gasteiger partial charge < -0.3 is 31.2 Å². The Balaban J connectivity index is 0.00000300. The van der Waals surface area contributed by atoms with Gasteiger partial charge in [0, 0.05) is 32.4 Å². The van der Waals surface area contributed by atoms with Crippen LogP contribution in [0, 0.1) is 0 Å². The number of nitrogens with zero attached hydrogens (tertiary/aromatic N) is 4. The molecular formula is C18H26ClN7O3. The van der Waals surface area contributed by atoms with Crippen LogP contribution in [-0.4, -0.2) is 53.7 Å². The Bertz CT molecular complexity index is 837. The Labute approximate surface area is 175 Å². The molecule has 1 aromatic heterocycles. The highest BCUT2D eigenvalue weighted by atomic mass is 35.5. The number of benzene rings is 1. The van der Waals surface area contributed by atoms with Crippen LogP contribution in [0.25, 0.3) is 0 Å². The van der Waals surface area contributed by atoms with Gasteiger partial charge in [-0.3, -0.25) is 4.79 Å². The summed E-state index contributed by atoms with van der Waals surface area (Å²) in [5.74, 6) is 1.38. The van der Waals surface area contributed by atoms with Crippen LogP contribution in [0.5, 0.6) is 5.75 Å². The van der Waals surface area contributed by atoms with E-state index in [4.69, 9.17) is 20.9 Å². The number of hydrogen-bond donors (Lipinski definition) is 3. The molecule has 1 amide bonds. The van der Waals surface area contributed by atoms with Crippen molar-refractivity contribution in [2.75, 3.05) is 36.6 Å². The van der Waals surface area contributed by atoms with Crippen molar-refractivity contribution in [1.29, 1.82) is 0 Å². The van der Waals surface area contributed by atoms with E-state index in [1.807, 2.05) is 14.1 Å². The van der Waals surface area contributed by atoms with Gasteiger partial charge >= 0.3 is 0 Å². The van der Waals surface area contributed by atoms with Crippen molar-refractivity contribution >= 4 is 35.9 Å². The fraction of sp³-hybridized carbons (Fsp3) is 0.444. The third-order valence-corrected chi connectivity index (χ3v) is 4.22. The second kappa shape index (κ2) is 10.2. The maximum absolute atomic E-state index is 12.3. The van der Waals surface area contributed by atoms with Gasteiger partial charge in [-0.15, -0.1) is 12.4 Å². The lowest BCUT2D eigenvalue weighted by atomic mass is 10.2. The Kier molecular flexibility index (Phi) is 7.94. The second-order valence-electron chi connectivity index (χ2n) is 6.67. The first-order chi connectivity index (χ1) is 13.4. The van der Waals surface area contributed by atoms with Gasteiger partial charge in [-0.05, 0) is 25.0 Å². The van der Waals surface area contributed by atoms with Crippen molar-refractivity contribution in [1.82, 2.24) is 15.0 Å². The summed E-state index contributed by atoms with van der Waals surface area (Å²) in [7, 11) is 3.63. The van der Waals surface area contributed by atoms with Gasteiger partial charge in [0.15, 0.2) is 5.82 Å². The number of anilines is 3. The molecule has 1 aliphatic rings. The second-order valence-corrected chi connectivity index (χ2v) is 6.67. The number of nitrogen functional groups attached to an aromatic ring is 1. The molecule has 1 fully saturated rings. The predicted octanol–water partition coefficient (Wildman–Crippen LogP) is 0.965. The van der Waals surface area contributed by atoms with Crippen molar-refractivity contribution in [2.24, 2.45) is 5.73 Å². The monoisotopic (exact) mass is 423 g/mol. The van der Waals surface area contributed by atoms with Crippen LogP contribution in [0.15, 0.2) is 24.3 Å². The van der Waals surface area contributed by atoms with Gasteiger partial charge in [-0.2, -0.15) is 15.0 Å². The third-order valence-electron chi connectivity index (χ3n) is 4.22. The number of rotatable bonds is 7. The molecule has 2 aromatic rings. The average molecular weight is 424 g/mol. The van der Waals surface area contributed by atoms with Crippen LogP contribution in [0.2, 0.25) is 0 Å². The number of carbonyl (C=O) groups excluding carboxylic acids is 1. The SMILES string of the molecule is CN(C)c1nc(N)nc(COc2cccc(NC(=O)[C@@H]3CC[C@H](CN)O3)c2)n1.Cl.